The van der Waals surface area contributed by atoms with E-state index in [9.17, 15) is 8.42 Å². The SMILES string of the molecule is Cc1ccc(S(=O)(=O)COc2ccc(Cl)c(C)c2)cc1. The summed E-state index contributed by atoms with van der Waals surface area (Å²) < 4.78 is 29.6. The van der Waals surface area contributed by atoms with E-state index < -0.39 is 15.8 Å². The van der Waals surface area contributed by atoms with Crippen LogP contribution in [-0.4, -0.2) is 14.4 Å². The van der Waals surface area contributed by atoms with Crippen molar-refractivity contribution in [3.05, 3.63) is 58.6 Å². The molecule has 0 aliphatic rings. The van der Waals surface area contributed by atoms with Gasteiger partial charge in [0.15, 0.2) is 5.94 Å². The molecule has 0 aliphatic carbocycles. The fraction of sp³-hybridized carbons (Fsp3) is 0.200. The van der Waals surface area contributed by atoms with Crippen LogP contribution in [0.1, 0.15) is 11.1 Å². The predicted octanol–water partition coefficient (Wildman–Crippen LogP) is 3.77. The number of ether oxygens (including phenoxy) is 1. The molecule has 0 bridgehead atoms. The first-order chi connectivity index (χ1) is 9.38. The zero-order chi connectivity index (χ0) is 14.8. The summed E-state index contributed by atoms with van der Waals surface area (Å²) >= 11 is 5.91. The van der Waals surface area contributed by atoms with Gasteiger partial charge in [-0.15, -0.1) is 0 Å². The van der Waals surface area contributed by atoms with Gasteiger partial charge in [-0.05, 0) is 49.7 Å². The molecule has 0 radical (unpaired) electrons. The lowest BCUT2D eigenvalue weighted by Crippen LogP contribution is -2.12. The van der Waals surface area contributed by atoms with Gasteiger partial charge in [0.2, 0.25) is 9.84 Å². The number of sulfone groups is 1. The van der Waals surface area contributed by atoms with Crippen molar-refractivity contribution in [3.8, 4) is 5.75 Å². The van der Waals surface area contributed by atoms with Crippen LogP contribution in [-0.2, 0) is 9.84 Å². The van der Waals surface area contributed by atoms with E-state index in [0.29, 0.717) is 10.8 Å². The summed E-state index contributed by atoms with van der Waals surface area (Å²) in [5.74, 6) is 0.0968. The van der Waals surface area contributed by atoms with Crippen molar-refractivity contribution in [2.45, 2.75) is 18.7 Å². The molecule has 0 atom stereocenters. The maximum Gasteiger partial charge on any atom is 0.213 e. The summed E-state index contributed by atoms with van der Waals surface area (Å²) in [4.78, 5) is 0.258. The van der Waals surface area contributed by atoms with Crippen LogP contribution in [0.2, 0.25) is 5.02 Å². The monoisotopic (exact) mass is 310 g/mol. The predicted molar refractivity (Wildman–Crippen MR) is 80.0 cm³/mol. The zero-order valence-electron chi connectivity index (χ0n) is 11.3. The van der Waals surface area contributed by atoms with E-state index in [-0.39, 0.29) is 4.90 Å². The number of halogens is 1. The van der Waals surface area contributed by atoms with Crippen LogP contribution in [0.15, 0.2) is 47.4 Å². The molecule has 0 fully saturated rings. The van der Waals surface area contributed by atoms with Gasteiger partial charge in [-0.3, -0.25) is 0 Å². The fourth-order valence-corrected chi connectivity index (χ4v) is 2.76. The molecule has 0 spiro atoms. The molecular weight excluding hydrogens is 296 g/mol. The smallest absolute Gasteiger partial charge is 0.213 e. The Kier molecular flexibility index (Phi) is 4.35. The van der Waals surface area contributed by atoms with Gasteiger partial charge in [0, 0.05) is 5.02 Å². The normalized spacial score (nSPS) is 11.3. The number of hydrogen-bond acceptors (Lipinski definition) is 3. The minimum absolute atomic E-state index is 0.258. The molecule has 0 unspecified atom stereocenters. The van der Waals surface area contributed by atoms with Crippen molar-refractivity contribution < 1.29 is 13.2 Å². The molecule has 106 valence electrons. The van der Waals surface area contributed by atoms with E-state index in [2.05, 4.69) is 0 Å². The van der Waals surface area contributed by atoms with Crippen molar-refractivity contribution in [1.82, 2.24) is 0 Å². The van der Waals surface area contributed by atoms with E-state index in [0.717, 1.165) is 11.1 Å². The second-order valence-corrected chi connectivity index (χ2v) is 6.94. The first kappa shape index (κ1) is 14.9. The summed E-state index contributed by atoms with van der Waals surface area (Å²) in [6.07, 6.45) is 0. The molecular formula is C15H15ClO3S. The van der Waals surface area contributed by atoms with Crippen LogP contribution in [0.3, 0.4) is 0 Å². The second kappa shape index (κ2) is 5.85. The van der Waals surface area contributed by atoms with Gasteiger partial charge in [0.05, 0.1) is 4.90 Å². The molecule has 3 nitrogen and oxygen atoms in total. The average Bonchev–Trinajstić information content (AvgIpc) is 2.41. The van der Waals surface area contributed by atoms with Gasteiger partial charge < -0.3 is 4.74 Å². The number of rotatable bonds is 4. The topological polar surface area (TPSA) is 43.4 Å². The Hall–Kier alpha value is -1.52. The lowest BCUT2D eigenvalue weighted by molar-refractivity contribution is 0.376. The number of aryl methyl sites for hydroxylation is 2. The van der Waals surface area contributed by atoms with Gasteiger partial charge in [0.1, 0.15) is 5.75 Å². The zero-order valence-corrected chi connectivity index (χ0v) is 12.8. The van der Waals surface area contributed by atoms with Gasteiger partial charge in [-0.2, -0.15) is 0 Å². The Morgan fingerprint density at radius 1 is 1.05 bits per heavy atom. The molecule has 20 heavy (non-hydrogen) atoms. The molecule has 5 heteroatoms. The van der Waals surface area contributed by atoms with Gasteiger partial charge >= 0.3 is 0 Å². The standard InChI is InChI=1S/C15H15ClO3S/c1-11-3-6-14(7-4-11)20(17,18)10-19-13-5-8-15(16)12(2)9-13/h3-9H,10H2,1-2H3. The summed E-state index contributed by atoms with van der Waals surface area (Å²) in [7, 11) is -3.45. The molecule has 0 N–H and O–H groups in total. The largest absolute Gasteiger partial charge is 0.477 e. The Bertz CT molecular complexity index is 706. The van der Waals surface area contributed by atoms with Crippen LogP contribution in [0, 0.1) is 13.8 Å². The molecule has 2 aromatic rings. The second-order valence-electron chi connectivity index (χ2n) is 4.60. The molecule has 0 saturated heterocycles. The molecule has 0 aromatic heterocycles. The van der Waals surface area contributed by atoms with Crippen molar-refractivity contribution in [1.29, 1.82) is 0 Å². The first-order valence-corrected chi connectivity index (χ1v) is 8.10. The minimum Gasteiger partial charge on any atom is -0.477 e. The summed E-state index contributed by atoms with van der Waals surface area (Å²) in [6.45, 7) is 3.74. The molecule has 0 amide bonds. The maximum atomic E-state index is 12.1. The van der Waals surface area contributed by atoms with Crippen LogP contribution < -0.4 is 4.74 Å². The van der Waals surface area contributed by atoms with Crippen LogP contribution in [0.25, 0.3) is 0 Å². The number of hydrogen-bond donors (Lipinski definition) is 0. The third kappa shape index (κ3) is 3.52. The van der Waals surface area contributed by atoms with Crippen molar-refractivity contribution >= 4 is 21.4 Å². The van der Waals surface area contributed by atoms with Gasteiger partial charge in [-0.25, -0.2) is 8.42 Å². The first-order valence-electron chi connectivity index (χ1n) is 6.07. The highest BCUT2D eigenvalue weighted by Crippen LogP contribution is 2.22. The summed E-state index contributed by atoms with van der Waals surface area (Å²) in [5, 5.41) is 0.624. The van der Waals surface area contributed by atoms with Crippen LogP contribution >= 0.6 is 11.6 Å². The molecule has 0 heterocycles. The van der Waals surface area contributed by atoms with Gasteiger partial charge in [-0.1, -0.05) is 29.3 Å². The van der Waals surface area contributed by atoms with Crippen LogP contribution in [0.4, 0.5) is 0 Å². The Labute approximate surface area is 124 Å². The number of benzene rings is 2. The van der Waals surface area contributed by atoms with E-state index >= 15 is 0 Å². The summed E-state index contributed by atoms with van der Waals surface area (Å²) in [6, 6.07) is 11.7. The molecule has 0 saturated carbocycles. The highest BCUT2D eigenvalue weighted by molar-refractivity contribution is 7.91. The fourth-order valence-electron chi connectivity index (χ4n) is 1.67. The van der Waals surface area contributed by atoms with Crippen LogP contribution in [0.5, 0.6) is 5.75 Å². The van der Waals surface area contributed by atoms with Crippen molar-refractivity contribution in [3.63, 3.8) is 0 Å². The lowest BCUT2D eigenvalue weighted by atomic mass is 10.2. The Morgan fingerprint density at radius 2 is 1.70 bits per heavy atom. The third-order valence-corrected chi connectivity index (χ3v) is 4.73. The molecule has 2 rings (SSSR count). The quantitative estimate of drug-likeness (QED) is 0.863. The highest BCUT2D eigenvalue weighted by atomic mass is 35.5. The van der Waals surface area contributed by atoms with E-state index in [1.807, 2.05) is 13.8 Å². The lowest BCUT2D eigenvalue weighted by Gasteiger charge is -2.09. The van der Waals surface area contributed by atoms with Crippen molar-refractivity contribution in [2.24, 2.45) is 0 Å². The summed E-state index contributed by atoms with van der Waals surface area (Å²) in [5.41, 5.74) is 1.86. The average molecular weight is 311 g/mol. The van der Waals surface area contributed by atoms with E-state index in [1.54, 1.807) is 42.5 Å². The minimum atomic E-state index is -3.45. The Morgan fingerprint density at radius 3 is 2.30 bits per heavy atom. The highest BCUT2D eigenvalue weighted by Gasteiger charge is 2.15. The van der Waals surface area contributed by atoms with E-state index in [4.69, 9.17) is 16.3 Å². The van der Waals surface area contributed by atoms with Gasteiger partial charge in [0.25, 0.3) is 0 Å². The van der Waals surface area contributed by atoms with E-state index in [1.165, 1.54) is 0 Å². The Balaban J connectivity index is 2.13. The van der Waals surface area contributed by atoms with Crippen molar-refractivity contribution in [2.75, 3.05) is 5.94 Å². The molecule has 0 aliphatic heterocycles. The molecule has 2 aromatic carbocycles. The maximum absolute atomic E-state index is 12.1. The third-order valence-electron chi connectivity index (χ3n) is 2.89.